The van der Waals surface area contributed by atoms with Crippen molar-refractivity contribution >= 4 is 39.4 Å². The van der Waals surface area contributed by atoms with E-state index in [1.54, 1.807) is 10.8 Å². The van der Waals surface area contributed by atoms with Crippen LogP contribution in [0.25, 0.3) is 11.4 Å². The van der Waals surface area contributed by atoms with Gasteiger partial charge in [0, 0.05) is 36.5 Å². The summed E-state index contributed by atoms with van der Waals surface area (Å²) in [6, 6.07) is 7.41. The lowest BCUT2D eigenvalue weighted by molar-refractivity contribution is -0.192. The van der Waals surface area contributed by atoms with Gasteiger partial charge >= 0.3 is 18.1 Å². The highest BCUT2D eigenvalue weighted by atomic mass is 33.1. The second kappa shape index (κ2) is 15.9. The summed E-state index contributed by atoms with van der Waals surface area (Å²) in [6.07, 6.45) is -4.30. The normalized spacial score (nSPS) is 10.7. The van der Waals surface area contributed by atoms with E-state index < -0.39 is 18.1 Å². The van der Waals surface area contributed by atoms with Crippen LogP contribution in [0.5, 0.6) is 5.75 Å². The summed E-state index contributed by atoms with van der Waals surface area (Å²) in [5, 5.41) is 22.4. The quantitative estimate of drug-likeness (QED) is 0.252. The van der Waals surface area contributed by atoms with E-state index in [4.69, 9.17) is 24.3 Å². The number of carbonyl (C=O) groups excluding carboxylic acids is 1. The number of carbonyl (C=O) groups is 3. The average molecular weight is 540 g/mol. The lowest BCUT2D eigenvalue weighted by Crippen LogP contribution is -2.25. The highest BCUT2D eigenvalue weighted by Gasteiger charge is 2.38. The minimum atomic E-state index is -5.08. The van der Waals surface area contributed by atoms with Gasteiger partial charge in [-0.25, -0.2) is 4.79 Å². The molecule has 0 atom stereocenters. The lowest BCUT2D eigenvalue weighted by Gasteiger charge is -2.03. The van der Waals surface area contributed by atoms with Crippen LogP contribution in [-0.2, 0) is 20.8 Å². The Kier molecular flexibility index (Phi) is 13.6. The van der Waals surface area contributed by atoms with Gasteiger partial charge in [0.25, 0.3) is 0 Å². The molecule has 0 spiro atoms. The second-order valence-corrected chi connectivity index (χ2v) is 9.11. The van der Waals surface area contributed by atoms with Crippen LogP contribution in [-0.4, -0.2) is 69.0 Å². The van der Waals surface area contributed by atoms with Crippen LogP contribution in [0.1, 0.15) is 25.7 Å². The summed E-state index contributed by atoms with van der Waals surface area (Å²) < 4.78 is 42.3. The van der Waals surface area contributed by atoms with Crippen molar-refractivity contribution in [3.63, 3.8) is 0 Å². The van der Waals surface area contributed by atoms with Gasteiger partial charge in [-0.3, -0.25) is 9.59 Å². The maximum absolute atomic E-state index is 11.9. The molecule has 10 nitrogen and oxygen atoms in total. The summed E-state index contributed by atoms with van der Waals surface area (Å²) in [5.41, 5.74) is 0.820. The van der Waals surface area contributed by atoms with Gasteiger partial charge in [-0.05, 0) is 31.2 Å². The predicted molar refractivity (Wildman–Crippen MR) is 123 cm³/mol. The number of benzene rings is 1. The number of carboxylic acid groups (broad SMARTS) is 2. The van der Waals surface area contributed by atoms with Gasteiger partial charge < -0.3 is 24.8 Å². The molecule has 35 heavy (non-hydrogen) atoms. The van der Waals surface area contributed by atoms with Crippen LogP contribution in [0, 0.1) is 0 Å². The summed E-state index contributed by atoms with van der Waals surface area (Å²) in [7, 11) is 3.04. The number of hydrogen-bond acceptors (Lipinski definition) is 9. The van der Waals surface area contributed by atoms with Crippen molar-refractivity contribution in [2.75, 3.05) is 24.7 Å². The van der Waals surface area contributed by atoms with E-state index in [-0.39, 0.29) is 18.7 Å². The molecule has 0 aliphatic rings. The summed E-state index contributed by atoms with van der Waals surface area (Å²) >= 11 is 0. The van der Waals surface area contributed by atoms with Crippen molar-refractivity contribution in [2.45, 2.75) is 32.4 Å². The molecule has 2 aromatic rings. The molecule has 0 radical (unpaired) electrons. The molecule has 1 heterocycles. The van der Waals surface area contributed by atoms with Gasteiger partial charge in [-0.15, -0.1) is 0 Å². The van der Waals surface area contributed by atoms with Crippen molar-refractivity contribution in [2.24, 2.45) is 0 Å². The number of aliphatic carboxylic acids is 2. The number of nitrogens with zero attached hydrogens (tertiary/aromatic N) is 2. The van der Waals surface area contributed by atoms with Crippen LogP contribution < -0.4 is 10.1 Å². The number of nitrogens with one attached hydrogen (secondary N) is 1. The molecule has 0 saturated carbocycles. The van der Waals surface area contributed by atoms with Crippen LogP contribution in [0.4, 0.5) is 13.2 Å². The van der Waals surface area contributed by atoms with E-state index in [1.165, 1.54) is 10.8 Å². The Labute approximate surface area is 206 Å². The number of aryl methyl sites for hydroxylation is 1. The second-order valence-electron chi connectivity index (χ2n) is 6.41. The number of hydrogen-bond donors (Lipinski definition) is 3. The first-order chi connectivity index (χ1) is 16.5. The van der Waals surface area contributed by atoms with Crippen molar-refractivity contribution in [3.05, 3.63) is 30.2 Å². The minimum absolute atomic E-state index is 0.0862. The molecule has 1 aromatic carbocycles. The molecule has 1 aromatic heterocycles. The van der Waals surface area contributed by atoms with Gasteiger partial charge in [-0.2, -0.15) is 18.2 Å². The molecule has 0 aliphatic carbocycles. The van der Waals surface area contributed by atoms with Crippen LogP contribution in [0.15, 0.2) is 28.8 Å². The number of carboxylic acids is 2. The first kappa shape index (κ1) is 30.1. The number of amides is 1. The zero-order valence-corrected chi connectivity index (χ0v) is 20.2. The Hall–Kier alpha value is -2.94. The molecule has 0 aliphatic heterocycles. The molecule has 194 valence electrons. The standard InChI is InChI=1S/C18H23N3O5S2.C2HF3O2/c1-2-25-14-5-3-13(4-6-14)18-20-16(26-21-18)8-7-15(22)19-10-12-28-27-11-9-17(23)24;3-2(4,5)1(6)7/h3-6H,2,7-12H2,1H3,(H,19,22)(H,23,24);(H,6,7). The Bertz CT molecular complexity index is 941. The highest BCUT2D eigenvalue weighted by Crippen LogP contribution is 2.21. The van der Waals surface area contributed by atoms with Crippen molar-refractivity contribution in [3.8, 4) is 17.1 Å². The SMILES string of the molecule is CCOc1ccc(-c2noc(CCC(=O)NCCSSCCC(=O)O)n2)cc1.O=C(O)C(F)(F)F. The van der Waals surface area contributed by atoms with Gasteiger partial charge in [0.1, 0.15) is 5.75 Å². The maximum atomic E-state index is 11.9. The fourth-order valence-electron chi connectivity index (χ4n) is 2.13. The summed E-state index contributed by atoms with van der Waals surface area (Å²) in [5.74, 6) is -0.686. The third kappa shape index (κ3) is 13.5. The average Bonchev–Trinajstić information content (AvgIpc) is 3.26. The van der Waals surface area contributed by atoms with Crippen LogP contribution in [0.3, 0.4) is 0 Å². The van der Waals surface area contributed by atoms with Crippen molar-refractivity contribution < 1.29 is 47.0 Å². The number of halogens is 3. The Balaban J connectivity index is 0.000000762. The van der Waals surface area contributed by atoms with Crippen molar-refractivity contribution in [1.82, 2.24) is 15.5 Å². The first-order valence-corrected chi connectivity index (χ1v) is 12.6. The first-order valence-electron chi connectivity index (χ1n) is 10.1. The van der Waals surface area contributed by atoms with Crippen molar-refractivity contribution in [1.29, 1.82) is 0 Å². The predicted octanol–water partition coefficient (Wildman–Crippen LogP) is 3.67. The monoisotopic (exact) mass is 539 g/mol. The zero-order chi connectivity index (χ0) is 26.3. The molecule has 0 saturated heterocycles. The molecule has 1 amide bonds. The van der Waals surface area contributed by atoms with E-state index in [2.05, 4.69) is 15.5 Å². The van der Waals surface area contributed by atoms with E-state index in [9.17, 15) is 22.8 Å². The Morgan fingerprint density at radius 1 is 1.09 bits per heavy atom. The van der Waals surface area contributed by atoms with Gasteiger partial charge in [-0.1, -0.05) is 26.7 Å². The van der Waals surface area contributed by atoms with Crippen LogP contribution in [0.2, 0.25) is 0 Å². The molecule has 15 heteroatoms. The van der Waals surface area contributed by atoms with E-state index in [0.717, 1.165) is 17.1 Å². The number of ether oxygens (including phenoxy) is 1. The minimum Gasteiger partial charge on any atom is -0.494 e. The van der Waals surface area contributed by atoms with Crippen LogP contribution >= 0.6 is 21.6 Å². The Morgan fingerprint density at radius 3 is 2.29 bits per heavy atom. The molecular formula is C20H24F3N3O7S2. The van der Waals surface area contributed by atoms with Gasteiger partial charge in [0.15, 0.2) is 0 Å². The van der Waals surface area contributed by atoms with E-state index in [0.29, 0.717) is 37.0 Å². The lowest BCUT2D eigenvalue weighted by atomic mass is 10.2. The molecule has 0 unspecified atom stereocenters. The number of aromatic nitrogens is 2. The van der Waals surface area contributed by atoms with E-state index >= 15 is 0 Å². The highest BCUT2D eigenvalue weighted by molar-refractivity contribution is 8.76. The number of alkyl halides is 3. The Morgan fingerprint density at radius 2 is 1.71 bits per heavy atom. The number of rotatable bonds is 13. The molecule has 3 N–H and O–H groups in total. The maximum Gasteiger partial charge on any atom is 0.490 e. The largest absolute Gasteiger partial charge is 0.494 e. The zero-order valence-electron chi connectivity index (χ0n) is 18.5. The summed E-state index contributed by atoms with van der Waals surface area (Å²) in [4.78, 5) is 35.5. The van der Waals surface area contributed by atoms with E-state index in [1.807, 2.05) is 31.2 Å². The third-order valence-corrected chi connectivity index (χ3v) is 6.10. The smallest absolute Gasteiger partial charge is 0.490 e. The third-order valence-electron chi connectivity index (χ3n) is 3.69. The molecule has 0 fully saturated rings. The molecule has 2 rings (SSSR count). The fraction of sp³-hybridized carbons (Fsp3) is 0.450. The topological polar surface area (TPSA) is 152 Å². The fourth-order valence-corrected chi connectivity index (χ4v) is 4.01. The van der Waals surface area contributed by atoms with Gasteiger partial charge in [0.05, 0.1) is 13.0 Å². The summed E-state index contributed by atoms with van der Waals surface area (Å²) in [6.45, 7) is 3.07. The molecular weight excluding hydrogens is 515 g/mol. The van der Waals surface area contributed by atoms with Gasteiger partial charge in [0.2, 0.25) is 17.6 Å². The molecule has 0 bridgehead atoms.